The van der Waals surface area contributed by atoms with Gasteiger partial charge in [-0.25, -0.2) is 9.97 Å². The van der Waals surface area contributed by atoms with Gasteiger partial charge in [-0.1, -0.05) is 41.9 Å². The second kappa shape index (κ2) is 8.94. The molecule has 3 aromatic rings. The summed E-state index contributed by atoms with van der Waals surface area (Å²) < 4.78 is 1.60. The van der Waals surface area contributed by atoms with Crippen molar-refractivity contribution >= 4 is 57.5 Å². The predicted molar refractivity (Wildman–Crippen MR) is 114 cm³/mol. The van der Waals surface area contributed by atoms with Gasteiger partial charge in [0, 0.05) is 17.8 Å². The Kier molecular flexibility index (Phi) is 6.59. The van der Waals surface area contributed by atoms with Crippen molar-refractivity contribution in [2.24, 2.45) is 0 Å². The van der Waals surface area contributed by atoms with E-state index in [1.54, 1.807) is 48.0 Å². The largest absolute Gasteiger partial charge is 0.322 e. The number of hydrogen-bond acceptors (Lipinski definition) is 5. The summed E-state index contributed by atoms with van der Waals surface area (Å²) in [5.74, 6) is -0.261. The molecule has 2 aromatic heterocycles. The Morgan fingerprint density at radius 2 is 2.11 bits per heavy atom. The summed E-state index contributed by atoms with van der Waals surface area (Å²) in [5, 5.41) is 3.93. The lowest BCUT2D eigenvalue weighted by Crippen LogP contribution is -2.27. The second-order valence-corrected chi connectivity index (χ2v) is 8.21. The molecule has 0 fully saturated rings. The van der Waals surface area contributed by atoms with Crippen molar-refractivity contribution in [1.29, 1.82) is 0 Å². The summed E-state index contributed by atoms with van der Waals surface area (Å²) in [6.07, 6.45) is 2.31. The van der Waals surface area contributed by atoms with Gasteiger partial charge < -0.3 is 5.32 Å². The zero-order valence-electron chi connectivity index (χ0n) is 15.3. The Hall–Kier alpha value is -2.09. The van der Waals surface area contributed by atoms with Gasteiger partial charge >= 0.3 is 0 Å². The van der Waals surface area contributed by atoms with Gasteiger partial charge in [-0.05, 0) is 43.7 Å². The van der Waals surface area contributed by atoms with Gasteiger partial charge in [-0.2, -0.15) is 0 Å². The maximum atomic E-state index is 12.9. The van der Waals surface area contributed by atoms with Crippen LogP contribution in [0, 0.1) is 0 Å². The summed E-state index contributed by atoms with van der Waals surface area (Å²) in [6, 6.07) is 8.36. The summed E-state index contributed by atoms with van der Waals surface area (Å²) >= 11 is 13.3. The van der Waals surface area contributed by atoms with Crippen LogP contribution in [0.4, 0.5) is 5.69 Å². The lowest BCUT2D eigenvalue weighted by molar-refractivity contribution is -0.115. The molecule has 3 rings (SSSR count). The van der Waals surface area contributed by atoms with Gasteiger partial charge in [0.1, 0.15) is 0 Å². The number of fused-ring (bicyclic) bond motifs is 1. The molecule has 1 N–H and O–H groups in total. The van der Waals surface area contributed by atoms with Crippen molar-refractivity contribution in [2.45, 2.75) is 37.2 Å². The Morgan fingerprint density at radius 1 is 1.32 bits per heavy atom. The van der Waals surface area contributed by atoms with E-state index in [9.17, 15) is 9.59 Å². The first-order chi connectivity index (χ1) is 13.4. The number of nitrogens with zero attached hydrogens (tertiary/aromatic N) is 3. The third kappa shape index (κ3) is 4.48. The number of hydrogen-bond donors (Lipinski definition) is 1. The maximum absolute atomic E-state index is 12.9. The molecule has 0 saturated carbocycles. The number of aromatic nitrogens is 3. The van der Waals surface area contributed by atoms with Gasteiger partial charge in [0.15, 0.2) is 10.3 Å². The Balaban J connectivity index is 1.91. The van der Waals surface area contributed by atoms with Crippen LogP contribution in [0.2, 0.25) is 10.2 Å². The van der Waals surface area contributed by atoms with Crippen LogP contribution in [0.3, 0.4) is 0 Å². The first-order valence-electron chi connectivity index (χ1n) is 8.69. The molecular weight excluding hydrogens is 419 g/mol. The minimum absolute atomic E-state index is 0.145. The Morgan fingerprint density at radius 3 is 2.82 bits per heavy atom. The first kappa shape index (κ1) is 20.6. The standard InChI is InChI=1S/C19H18Cl2N4O2S/c1-3-9-25-18(27)13-7-6-12(20)10-15(13)24-19(25)28-11(2)17(26)23-14-5-4-8-22-16(14)21/h4-8,10-11H,3,9H2,1-2H3,(H,23,26). The first-order valence-corrected chi connectivity index (χ1v) is 10.3. The number of halogens is 2. The zero-order valence-corrected chi connectivity index (χ0v) is 17.6. The summed E-state index contributed by atoms with van der Waals surface area (Å²) in [6.45, 7) is 4.23. The molecule has 1 amide bonds. The van der Waals surface area contributed by atoms with Crippen molar-refractivity contribution < 1.29 is 4.79 Å². The average Bonchev–Trinajstić information content (AvgIpc) is 2.66. The highest BCUT2D eigenvalue weighted by molar-refractivity contribution is 8.00. The van der Waals surface area contributed by atoms with Gasteiger partial charge in [0.05, 0.1) is 21.8 Å². The highest BCUT2D eigenvalue weighted by Gasteiger charge is 2.20. The summed E-state index contributed by atoms with van der Waals surface area (Å²) in [5.41, 5.74) is 0.801. The zero-order chi connectivity index (χ0) is 20.3. The number of amides is 1. The number of rotatable bonds is 6. The highest BCUT2D eigenvalue weighted by atomic mass is 35.5. The fraction of sp³-hybridized carbons (Fsp3) is 0.263. The van der Waals surface area contributed by atoms with Crippen molar-refractivity contribution in [3.8, 4) is 0 Å². The summed E-state index contributed by atoms with van der Waals surface area (Å²) in [4.78, 5) is 34.0. The molecule has 0 saturated heterocycles. The van der Waals surface area contributed by atoms with E-state index in [-0.39, 0.29) is 16.6 Å². The number of carbonyl (C=O) groups is 1. The van der Waals surface area contributed by atoms with Crippen LogP contribution < -0.4 is 10.9 Å². The van der Waals surface area contributed by atoms with E-state index in [1.807, 2.05) is 6.92 Å². The number of nitrogens with one attached hydrogen (secondary N) is 1. The molecule has 0 bridgehead atoms. The number of anilines is 1. The Labute approximate surface area is 176 Å². The lowest BCUT2D eigenvalue weighted by Gasteiger charge is -2.16. The topological polar surface area (TPSA) is 76.9 Å². The molecule has 0 aliphatic rings. The van der Waals surface area contributed by atoms with E-state index in [1.165, 1.54) is 11.8 Å². The van der Waals surface area contributed by atoms with Gasteiger partial charge in [0.2, 0.25) is 5.91 Å². The number of carbonyl (C=O) groups excluding carboxylic acids is 1. The molecule has 1 atom stereocenters. The van der Waals surface area contributed by atoms with E-state index in [2.05, 4.69) is 15.3 Å². The third-order valence-corrected chi connectivity index (χ3v) is 5.62. The molecule has 146 valence electrons. The normalized spacial score (nSPS) is 12.1. The molecule has 0 aliphatic heterocycles. The number of thioether (sulfide) groups is 1. The molecule has 0 aliphatic carbocycles. The van der Waals surface area contributed by atoms with Crippen LogP contribution >= 0.6 is 35.0 Å². The molecule has 0 spiro atoms. The molecule has 1 unspecified atom stereocenters. The van der Waals surface area contributed by atoms with Crippen LogP contribution in [0.25, 0.3) is 10.9 Å². The fourth-order valence-corrected chi connectivity index (χ4v) is 3.88. The van der Waals surface area contributed by atoms with E-state index < -0.39 is 5.25 Å². The third-order valence-electron chi connectivity index (χ3n) is 4.00. The van der Waals surface area contributed by atoms with E-state index >= 15 is 0 Å². The molecular formula is C19H18Cl2N4O2S. The molecule has 28 heavy (non-hydrogen) atoms. The van der Waals surface area contributed by atoms with Crippen molar-refractivity contribution in [3.63, 3.8) is 0 Å². The smallest absolute Gasteiger partial charge is 0.262 e. The van der Waals surface area contributed by atoms with Crippen LogP contribution in [0.5, 0.6) is 0 Å². The average molecular weight is 437 g/mol. The molecule has 9 heteroatoms. The van der Waals surface area contributed by atoms with Crippen LogP contribution in [-0.4, -0.2) is 25.7 Å². The Bertz CT molecular complexity index is 1090. The van der Waals surface area contributed by atoms with E-state index in [0.29, 0.717) is 33.3 Å². The van der Waals surface area contributed by atoms with Gasteiger partial charge in [0.25, 0.3) is 5.56 Å². The minimum Gasteiger partial charge on any atom is -0.322 e. The maximum Gasteiger partial charge on any atom is 0.262 e. The van der Waals surface area contributed by atoms with Crippen LogP contribution in [0.15, 0.2) is 46.5 Å². The van der Waals surface area contributed by atoms with E-state index in [4.69, 9.17) is 23.2 Å². The second-order valence-electron chi connectivity index (χ2n) is 6.10. The van der Waals surface area contributed by atoms with Crippen molar-refractivity contribution in [3.05, 3.63) is 57.1 Å². The van der Waals surface area contributed by atoms with Crippen molar-refractivity contribution in [1.82, 2.24) is 14.5 Å². The monoisotopic (exact) mass is 436 g/mol. The quantitative estimate of drug-likeness (QED) is 0.346. The van der Waals surface area contributed by atoms with Crippen LogP contribution in [-0.2, 0) is 11.3 Å². The van der Waals surface area contributed by atoms with Crippen LogP contribution in [0.1, 0.15) is 20.3 Å². The summed E-state index contributed by atoms with van der Waals surface area (Å²) in [7, 11) is 0. The SMILES string of the molecule is CCCn1c(SC(C)C(=O)Nc2cccnc2Cl)nc2cc(Cl)ccc2c1=O. The predicted octanol–water partition coefficient (Wildman–Crippen LogP) is 4.63. The number of benzene rings is 1. The molecule has 1 aromatic carbocycles. The minimum atomic E-state index is -0.511. The van der Waals surface area contributed by atoms with Crippen molar-refractivity contribution in [2.75, 3.05) is 5.32 Å². The fourth-order valence-electron chi connectivity index (χ4n) is 2.61. The highest BCUT2D eigenvalue weighted by Crippen LogP contribution is 2.26. The molecule has 0 radical (unpaired) electrons. The molecule has 6 nitrogen and oxygen atoms in total. The van der Waals surface area contributed by atoms with E-state index in [0.717, 1.165) is 6.42 Å². The molecule has 2 heterocycles. The van der Waals surface area contributed by atoms with Gasteiger partial charge in [-0.3, -0.25) is 14.2 Å². The lowest BCUT2D eigenvalue weighted by atomic mass is 10.2. The number of pyridine rings is 1. The van der Waals surface area contributed by atoms with Gasteiger partial charge in [-0.15, -0.1) is 0 Å².